The molecule has 2 aliphatic rings. The van der Waals surface area contributed by atoms with Gasteiger partial charge in [-0.15, -0.1) is 0 Å². The van der Waals surface area contributed by atoms with Gasteiger partial charge in [0.25, 0.3) is 0 Å². The van der Waals surface area contributed by atoms with Crippen LogP contribution in [-0.2, 0) is 4.79 Å². The number of aliphatic hydroxyl groups excluding tert-OH is 1. The van der Waals surface area contributed by atoms with E-state index in [2.05, 4.69) is 4.90 Å². The van der Waals surface area contributed by atoms with E-state index in [0.29, 0.717) is 5.75 Å². The predicted molar refractivity (Wildman–Crippen MR) is 108 cm³/mol. The Bertz CT molecular complexity index is 658. The molecule has 0 spiro atoms. The molecule has 1 saturated heterocycles. The van der Waals surface area contributed by atoms with Gasteiger partial charge in [0.1, 0.15) is 5.75 Å². The van der Waals surface area contributed by atoms with E-state index in [4.69, 9.17) is 4.74 Å². The number of carbonyl (C=O) groups is 1. The van der Waals surface area contributed by atoms with Gasteiger partial charge in [0.2, 0.25) is 5.91 Å². The fourth-order valence-corrected chi connectivity index (χ4v) is 4.29. The first-order valence-corrected chi connectivity index (χ1v) is 10.2. The van der Waals surface area contributed by atoms with Crippen molar-refractivity contribution in [2.24, 2.45) is 0 Å². The quantitative estimate of drug-likeness (QED) is 0.806. The lowest BCUT2D eigenvalue weighted by Crippen LogP contribution is -2.52. The lowest BCUT2D eigenvalue weighted by molar-refractivity contribution is -0.128. The average molecular weight is 373 g/mol. The number of amides is 1. The number of aliphatic hydroxyl groups is 1. The van der Waals surface area contributed by atoms with E-state index in [1.807, 2.05) is 23.1 Å². The molecule has 1 N–H and O–H groups in total. The number of hydrogen-bond donors (Lipinski definition) is 1. The summed E-state index contributed by atoms with van der Waals surface area (Å²) in [5.74, 6) is 0.668. The van der Waals surface area contributed by atoms with Gasteiger partial charge in [-0.05, 0) is 25.8 Å². The van der Waals surface area contributed by atoms with Crippen LogP contribution >= 0.6 is 0 Å². The molecule has 1 amide bonds. The van der Waals surface area contributed by atoms with Gasteiger partial charge < -0.3 is 14.7 Å². The van der Waals surface area contributed by atoms with Gasteiger partial charge in [0, 0.05) is 49.4 Å². The lowest BCUT2D eigenvalue weighted by Gasteiger charge is -2.40. The molecule has 0 aromatic heterocycles. The second kappa shape index (κ2) is 9.38. The molecule has 1 unspecified atom stereocenters. The Hall–Kier alpha value is -1.85. The van der Waals surface area contributed by atoms with Gasteiger partial charge in [0.15, 0.2) is 0 Å². The van der Waals surface area contributed by atoms with Crippen LogP contribution in [0.5, 0.6) is 5.75 Å². The molecule has 27 heavy (non-hydrogen) atoms. The molecule has 5 heteroatoms. The van der Waals surface area contributed by atoms with Gasteiger partial charge in [0.05, 0.1) is 13.2 Å². The molecule has 3 rings (SSSR count). The van der Waals surface area contributed by atoms with Gasteiger partial charge in [-0.2, -0.15) is 0 Å². The molecule has 1 atom stereocenters. The zero-order chi connectivity index (χ0) is 19.2. The number of methoxy groups -OCH3 is 1. The van der Waals surface area contributed by atoms with Crippen molar-refractivity contribution in [3.8, 4) is 5.75 Å². The molecule has 1 aliphatic heterocycles. The van der Waals surface area contributed by atoms with Crippen molar-refractivity contribution in [3.63, 3.8) is 0 Å². The van der Waals surface area contributed by atoms with Crippen LogP contribution in [0.1, 0.15) is 56.3 Å². The fourth-order valence-electron chi connectivity index (χ4n) is 4.29. The third kappa shape index (κ3) is 4.90. The maximum Gasteiger partial charge on any atom is 0.246 e. The van der Waals surface area contributed by atoms with Gasteiger partial charge in [-0.1, -0.05) is 37.5 Å². The maximum absolute atomic E-state index is 12.6. The van der Waals surface area contributed by atoms with E-state index < -0.39 is 6.10 Å². The molecule has 148 valence electrons. The zero-order valence-electron chi connectivity index (χ0n) is 16.6. The van der Waals surface area contributed by atoms with Crippen molar-refractivity contribution in [1.82, 2.24) is 9.80 Å². The number of carbonyl (C=O) groups excluding carboxylic acids is 1. The summed E-state index contributed by atoms with van der Waals surface area (Å²) < 4.78 is 5.45. The SMILES string of the molecule is COc1c(/C=C\C(=O)N2CCN(C3CCCCC3)CC2)cccc1C(C)O. The monoisotopic (exact) mass is 372 g/mol. The molecule has 1 saturated carbocycles. The van der Waals surface area contributed by atoms with E-state index in [0.717, 1.165) is 43.3 Å². The summed E-state index contributed by atoms with van der Waals surface area (Å²) in [4.78, 5) is 17.1. The Morgan fingerprint density at radius 1 is 1.19 bits per heavy atom. The number of rotatable bonds is 5. The van der Waals surface area contributed by atoms with Gasteiger partial charge in [-0.3, -0.25) is 9.69 Å². The van der Waals surface area contributed by atoms with Crippen molar-refractivity contribution in [1.29, 1.82) is 0 Å². The Morgan fingerprint density at radius 3 is 2.52 bits per heavy atom. The average Bonchev–Trinajstić information content (AvgIpc) is 2.72. The minimum absolute atomic E-state index is 0.0443. The first-order chi connectivity index (χ1) is 13.1. The molecular formula is C22H32N2O3. The number of piperazine rings is 1. The summed E-state index contributed by atoms with van der Waals surface area (Å²) in [5, 5.41) is 9.89. The summed E-state index contributed by atoms with van der Waals surface area (Å²) in [6.07, 6.45) is 9.50. The van der Waals surface area contributed by atoms with Crippen LogP contribution in [0.25, 0.3) is 6.08 Å². The molecule has 1 aliphatic carbocycles. The molecule has 1 aromatic rings. The second-order valence-electron chi connectivity index (χ2n) is 7.63. The number of nitrogens with zero attached hydrogens (tertiary/aromatic N) is 2. The van der Waals surface area contributed by atoms with Crippen LogP contribution in [0.2, 0.25) is 0 Å². The molecule has 5 nitrogen and oxygen atoms in total. The number of ether oxygens (including phenoxy) is 1. The highest BCUT2D eigenvalue weighted by Gasteiger charge is 2.26. The summed E-state index contributed by atoms with van der Waals surface area (Å²) in [6.45, 7) is 5.26. The van der Waals surface area contributed by atoms with Crippen LogP contribution in [-0.4, -0.2) is 60.1 Å². The number of benzene rings is 1. The third-order valence-corrected chi connectivity index (χ3v) is 5.85. The third-order valence-electron chi connectivity index (χ3n) is 5.85. The maximum atomic E-state index is 12.6. The minimum atomic E-state index is -0.614. The van der Waals surface area contributed by atoms with Crippen LogP contribution < -0.4 is 4.74 Å². The number of hydrogen-bond acceptors (Lipinski definition) is 4. The topological polar surface area (TPSA) is 53.0 Å². The van der Waals surface area contributed by atoms with Crippen molar-refractivity contribution in [2.75, 3.05) is 33.3 Å². The molecule has 1 heterocycles. The van der Waals surface area contributed by atoms with Crippen molar-refractivity contribution >= 4 is 12.0 Å². The fraction of sp³-hybridized carbons (Fsp3) is 0.591. The Kier molecular flexibility index (Phi) is 6.91. The van der Waals surface area contributed by atoms with Crippen molar-refractivity contribution in [3.05, 3.63) is 35.4 Å². The first kappa shape index (κ1) is 19.9. The normalized spacial score (nSPS) is 20.8. The summed E-state index contributed by atoms with van der Waals surface area (Å²) in [7, 11) is 1.59. The Labute approximate surface area is 162 Å². The highest BCUT2D eigenvalue weighted by Crippen LogP contribution is 2.30. The summed E-state index contributed by atoms with van der Waals surface area (Å²) in [5.41, 5.74) is 1.54. The standard InChI is InChI=1S/C22H32N2O3/c1-17(25)20-10-6-7-18(22(20)27-2)11-12-21(26)24-15-13-23(14-16-24)19-8-4-3-5-9-19/h6-7,10-12,17,19,25H,3-5,8-9,13-16H2,1-2H3/b12-11-. The van der Waals surface area contributed by atoms with E-state index in [1.54, 1.807) is 26.2 Å². The minimum Gasteiger partial charge on any atom is -0.496 e. The molecule has 2 fully saturated rings. The zero-order valence-corrected chi connectivity index (χ0v) is 16.6. The Morgan fingerprint density at radius 2 is 1.89 bits per heavy atom. The summed E-state index contributed by atoms with van der Waals surface area (Å²) in [6, 6.07) is 6.33. The predicted octanol–water partition coefficient (Wildman–Crippen LogP) is 3.24. The molecule has 0 bridgehead atoms. The van der Waals surface area contributed by atoms with E-state index in [-0.39, 0.29) is 5.91 Å². The second-order valence-corrected chi connectivity index (χ2v) is 7.63. The van der Waals surface area contributed by atoms with Crippen LogP contribution in [0.15, 0.2) is 24.3 Å². The highest BCUT2D eigenvalue weighted by molar-refractivity contribution is 5.92. The van der Waals surface area contributed by atoms with E-state index >= 15 is 0 Å². The van der Waals surface area contributed by atoms with Gasteiger partial charge >= 0.3 is 0 Å². The smallest absolute Gasteiger partial charge is 0.246 e. The molecule has 1 aromatic carbocycles. The largest absolute Gasteiger partial charge is 0.496 e. The van der Waals surface area contributed by atoms with Crippen molar-refractivity contribution < 1.29 is 14.6 Å². The van der Waals surface area contributed by atoms with Crippen LogP contribution in [0.4, 0.5) is 0 Å². The van der Waals surface area contributed by atoms with E-state index in [1.165, 1.54) is 32.1 Å². The van der Waals surface area contributed by atoms with Crippen LogP contribution in [0, 0.1) is 0 Å². The van der Waals surface area contributed by atoms with Crippen molar-refractivity contribution in [2.45, 2.75) is 51.2 Å². The molecule has 0 radical (unpaired) electrons. The Balaban J connectivity index is 1.59. The lowest BCUT2D eigenvalue weighted by atomic mass is 9.94. The number of para-hydroxylation sites is 1. The van der Waals surface area contributed by atoms with Crippen LogP contribution in [0.3, 0.4) is 0 Å². The van der Waals surface area contributed by atoms with E-state index in [9.17, 15) is 9.90 Å². The van der Waals surface area contributed by atoms with Gasteiger partial charge in [-0.25, -0.2) is 0 Å². The summed E-state index contributed by atoms with van der Waals surface area (Å²) >= 11 is 0. The molecular weight excluding hydrogens is 340 g/mol. The highest BCUT2D eigenvalue weighted by atomic mass is 16.5. The first-order valence-electron chi connectivity index (χ1n) is 10.2.